The lowest BCUT2D eigenvalue weighted by molar-refractivity contribution is 0.0947. The van der Waals surface area contributed by atoms with Crippen LogP contribution in [0.15, 0.2) is 42.6 Å². The highest BCUT2D eigenvalue weighted by atomic mass is 32.2. The lowest BCUT2D eigenvalue weighted by Crippen LogP contribution is -2.43. The molecule has 0 radical (unpaired) electrons. The zero-order valence-electron chi connectivity index (χ0n) is 20.2. The number of nitrogens with one attached hydrogen (secondary N) is 3. The molecule has 1 saturated heterocycles. The van der Waals surface area contributed by atoms with Crippen LogP contribution in [0.1, 0.15) is 26.3 Å². The Bertz CT molecular complexity index is 1710. The van der Waals surface area contributed by atoms with E-state index >= 15 is 4.39 Å². The number of aromatic nitrogens is 1. The van der Waals surface area contributed by atoms with E-state index in [1.165, 1.54) is 6.07 Å². The number of hydrogen-bond donors (Lipinski definition) is 3. The highest BCUT2D eigenvalue weighted by Crippen LogP contribution is 2.46. The number of anilines is 1. The van der Waals surface area contributed by atoms with E-state index in [4.69, 9.17) is 0 Å². The second kappa shape index (κ2) is 8.67. The number of hydrogen-bond acceptors (Lipinski definition) is 5. The lowest BCUT2D eigenvalue weighted by atomic mass is 9.89. The topological polar surface area (TPSA) is 111 Å². The van der Waals surface area contributed by atoms with Gasteiger partial charge >= 0.3 is 0 Å². The monoisotopic (exact) mass is 520 g/mol. The number of H-pyrrole nitrogens is 1. The molecule has 3 N–H and O–H groups in total. The summed E-state index contributed by atoms with van der Waals surface area (Å²) in [5, 5.41) is 8.15. The molecule has 37 heavy (non-hydrogen) atoms. The van der Waals surface area contributed by atoms with Crippen molar-refractivity contribution in [2.75, 3.05) is 43.0 Å². The lowest BCUT2D eigenvalue weighted by Gasteiger charge is -2.26. The van der Waals surface area contributed by atoms with E-state index < -0.39 is 9.84 Å². The second-order valence-electron chi connectivity index (χ2n) is 9.55. The van der Waals surface area contributed by atoms with Crippen LogP contribution in [0, 0.1) is 12.7 Å². The summed E-state index contributed by atoms with van der Waals surface area (Å²) in [6.45, 7) is 3.66. The fourth-order valence-corrected chi connectivity index (χ4v) is 6.74. The van der Waals surface area contributed by atoms with E-state index in [1.807, 2.05) is 11.0 Å². The van der Waals surface area contributed by atoms with Gasteiger partial charge in [0.15, 0.2) is 9.84 Å². The quantitative estimate of drug-likeness (QED) is 0.349. The molecule has 0 atom stereocenters. The molecule has 0 saturated carbocycles. The SMILES string of the molecule is Cc1c(C(=O)NCCN2CCS(=O)(=O)CC2)c[nH]c1-c1c2c3c(cccc3c3c(F)cccc13)NC2=O. The molecule has 3 heterocycles. The fraction of sp³-hybridized carbons (Fsp3) is 0.259. The second-order valence-corrected chi connectivity index (χ2v) is 11.9. The predicted molar refractivity (Wildman–Crippen MR) is 141 cm³/mol. The van der Waals surface area contributed by atoms with Gasteiger partial charge in [-0.3, -0.25) is 14.5 Å². The molecule has 0 bridgehead atoms. The van der Waals surface area contributed by atoms with Crippen LogP contribution in [0.25, 0.3) is 32.8 Å². The van der Waals surface area contributed by atoms with Crippen molar-refractivity contribution >= 4 is 48.9 Å². The largest absolute Gasteiger partial charge is 0.360 e. The molecule has 1 fully saturated rings. The van der Waals surface area contributed by atoms with Crippen molar-refractivity contribution in [2.45, 2.75) is 6.92 Å². The van der Waals surface area contributed by atoms with E-state index in [9.17, 15) is 18.0 Å². The van der Waals surface area contributed by atoms with Crippen LogP contribution in [-0.2, 0) is 9.84 Å². The average Bonchev–Trinajstić information content (AvgIpc) is 3.41. The van der Waals surface area contributed by atoms with Crippen LogP contribution in [-0.4, -0.2) is 67.8 Å². The van der Waals surface area contributed by atoms with Crippen molar-refractivity contribution in [1.29, 1.82) is 0 Å². The van der Waals surface area contributed by atoms with E-state index in [1.54, 1.807) is 37.4 Å². The maximum absolute atomic E-state index is 15.1. The molecule has 2 aliphatic rings. The van der Waals surface area contributed by atoms with Gasteiger partial charge in [0, 0.05) is 54.4 Å². The third-order valence-electron chi connectivity index (χ3n) is 7.38. The molecule has 190 valence electrons. The third kappa shape index (κ3) is 3.87. The Morgan fingerprint density at radius 1 is 1.05 bits per heavy atom. The van der Waals surface area contributed by atoms with Crippen molar-refractivity contribution in [2.24, 2.45) is 0 Å². The maximum atomic E-state index is 15.1. The summed E-state index contributed by atoms with van der Waals surface area (Å²) in [7, 11) is -2.95. The molecule has 2 aliphatic heterocycles. The highest BCUT2D eigenvalue weighted by Gasteiger charge is 2.31. The number of carbonyl (C=O) groups excluding carboxylic acids is 2. The van der Waals surface area contributed by atoms with Gasteiger partial charge in [0.2, 0.25) is 0 Å². The molecule has 10 heteroatoms. The first-order chi connectivity index (χ1) is 17.7. The maximum Gasteiger partial charge on any atom is 0.257 e. The number of amides is 2. The molecule has 0 unspecified atom stereocenters. The molecular formula is C27H25FN4O4S. The molecule has 8 nitrogen and oxygen atoms in total. The van der Waals surface area contributed by atoms with Gasteiger partial charge in [0.25, 0.3) is 11.8 Å². The molecule has 2 amide bonds. The highest BCUT2D eigenvalue weighted by molar-refractivity contribution is 7.91. The summed E-state index contributed by atoms with van der Waals surface area (Å²) in [6, 6.07) is 10.2. The van der Waals surface area contributed by atoms with E-state index in [2.05, 4.69) is 15.6 Å². The number of nitrogens with zero attached hydrogens (tertiary/aromatic N) is 1. The summed E-state index contributed by atoms with van der Waals surface area (Å²) in [6.07, 6.45) is 1.61. The summed E-state index contributed by atoms with van der Waals surface area (Å²) < 4.78 is 38.4. The summed E-state index contributed by atoms with van der Waals surface area (Å²) in [5.41, 5.74) is 3.33. The van der Waals surface area contributed by atoms with Gasteiger partial charge in [0.05, 0.1) is 28.3 Å². The van der Waals surface area contributed by atoms with Crippen molar-refractivity contribution in [3.05, 3.63) is 65.1 Å². The molecule has 1 aromatic heterocycles. The van der Waals surface area contributed by atoms with Crippen LogP contribution in [0.4, 0.5) is 10.1 Å². The molecule has 6 rings (SSSR count). The van der Waals surface area contributed by atoms with E-state index in [0.717, 1.165) is 0 Å². The van der Waals surface area contributed by atoms with Crippen LogP contribution in [0.3, 0.4) is 0 Å². The fourth-order valence-electron chi connectivity index (χ4n) is 5.46. The van der Waals surface area contributed by atoms with Gasteiger partial charge in [-0.1, -0.05) is 24.3 Å². The van der Waals surface area contributed by atoms with Crippen molar-refractivity contribution in [1.82, 2.24) is 15.2 Å². The Morgan fingerprint density at radius 3 is 2.57 bits per heavy atom. The van der Waals surface area contributed by atoms with Gasteiger partial charge in [-0.15, -0.1) is 0 Å². The average molecular weight is 521 g/mol. The number of benzene rings is 3. The molecule has 0 spiro atoms. The van der Waals surface area contributed by atoms with Crippen molar-refractivity contribution in [3.8, 4) is 11.3 Å². The van der Waals surface area contributed by atoms with Crippen LogP contribution in [0.2, 0.25) is 0 Å². The Kier molecular flexibility index (Phi) is 5.54. The molecule has 4 aromatic rings. The number of carbonyl (C=O) groups is 2. The zero-order chi connectivity index (χ0) is 25.9. The van der Waals surface area contributed by atoms with Crippen molar-refractivity contribution < 1.29 is 22.4 Å². The summed E-state index contributed by atoms with van der Waals surface area (Å²) >= 11 is 0. The zero-order valence-corrected chi connectivity index (χ0v) is 21.0. The van der Waals surface area contributed by atoms with E-state index in [-0.39, 0.29) is 29.1 Å². The minimum absolute atomic E-state index is 0.138. The number of fused-ring (bicyclic) bond motifs is 2. The van der Waals surface area contributed by atoms with Gasteiger partial charge in [-0.2, -0.15) is 0 Å². The standard InChI is InChI=1S/C27H25FN4O4S/c1-15-18(26(33)29-8-9-32-10-12-37(35,36)13-11-32)14-30-25(15)23-17-4-2-6-19(28)21(17)16-5-3-7-20-22(16)24(23)27(34)31-20/h2-7,14,30H,8-13H2,1H3,(H,29,33)(H,31,34). The van der Waals surface area contributed by atoms with E-state index in [0.29, 0.717) is 81.4 Å². The van der Waals surface area contributed by atoms with Crippen LogP contribution >= 0.6 is 0 Å². The van der Waals surface area contributed by atoms with Gasteiger partial charge in [-0.25, -0.2) is 12.8 Å². The third-order valence-corrected chi connectivity index (χ3v) is 8.99. The summed E-state index contributed by atoms with van der Waals surface area (Å²) in [5.74, 6) is -0.647. The number of sulfone groups is 1. The normalized spacial score (nSPS) is 16.9. The van der Waals surface area contributed by atoms with Crippen LogP contribution in [0.5, 0.6) is 0 Å². The van der Waals surface area contributed by atoms with Gasteiger partial charge < -0.3 is 15.6 Å². The van der Waals surface area contributed by atoms with Crippen LogP contribution < -0.4 is 10.6 Å². The predicted octanol–water partition coefficient (Wildman–Crippen LogP) is 3.46. The molecule has 0 aliphatic carbocycles. The van der Waals surface area contributed by atoms with Crippen molar-refractivity contribution in [3.63, 3.8) is 0 Å². The van der Waals surface area contributed by atoms with Gasteiger partial charge in [0.1, 0.15) is 5.82 Å². The molecule has 3 aromatic carbocycles. The summed E-state index contributed by atoms with van der Waals surface area (Å²) in [4.78, 5) is 31.3. The smallest absolute Gasteiger partial charge is 0.257 e. The first-order valence-corrected chi connectivity index (χ1v) is 13.9. The first-order valence-electron chi connectivity index (χ1n) is 12.1. The first kappa shape index (κ1) is 23.6. The Balaban J connectivity index is 1.35. The Labute approximate surface area is 212 Å². The Morgan fingerprint density at radius 2 is 1.78 bits per heavy atom. The van der Waals surface area contributed by atoms with Gasteiger partial charge in [-0.05, 0) is 35.4 Å². The Hall–Kier alpha value is -3.76. The number of aromatic amines is 1. The minimum Gasteiger partial charge on any atom is -0.360 e. The minimum atomic E-state index is -2.95. The number of rotatable bonds is 5. The molecular weight excluding hydrogens is 495 g/mol. The number of halogens is 1.